The molecule has 0 radical (unpaired) electrons. The van der Waals surface area contributed by atoms with Gasteiger partial charge in [-0.2, -0.15) is 15.1 Å². The van der Waals surface area contributed by atoms with Crippen LogP contribution in [0.15, 0.2) is 12.4 Å². The largest absolute Gasteiger partial charge is 0.471 e. The molecule has 4 rings (SSSR count). The molecule has 3 aromatic rings. The summed E-state index contributed by atoms with van der Waals surface area (Å²) in [6, 6.07) is 0.237. The first-order valence-corrected chi connectivity index (χ1v) is 15.9. The topological polar surface area (TPSA) is 134 Å². The summed E-state index contributed by atoms with van der Waals surface area (Å²) in [6.45, 7) is 10.3. The first kappa shape index (κ1) is 35.5. The van der Waals surface area contributed by atoms with Crippen molar-refractivity contribution in [3.05, 3.63) is 18.0 Å². The molecule has 0 aromatic carbocycles. The van der Waals surface area contributed by atoms with Crippen LogP contribution in [0.4, 0.5) is 17.7 Å². The highest BCUT2D eigenvalue weighted by molar-refractivity contribution is 5.91. The van der Waals surface area contributed by atoms with Crippen molar-refractivity contribution in [3.8, 4) is 5.88 Å². The van der Waals surface area contributed by atoms with E-state index in [2.05, 4.69) is 28.7 Å². The summed E-state index contributed by atoms with van der Waals surface area (Å²) < 4.78 is 35.7. The van der Waals surface area contributed by atoms with Gasteiger partial charge < -0.3 is 43.1 Å². The Morgan fingerprint density at radius 3 is 1.80 bits per heavy atom. The van der Waals surface area contributed by atoms with Crippen molar-refractivity contribution in [2.24, 2.45) is 0 Å². The van der Waals surface area contributed by atoms with E-state index in [-0.39, 0.29) is 18.8 Å². The molecule has 1 fully saturated rings. The smallest absolute Gasteiger partial charge is 0.246 e. The predicted molar refractivity (Wildman–Crippen MR) is 176 cm³/mol. The standard InChI is InChI=1S/C31H51N9O6/c1-23(2)40-21-24(20-32-40)22-46-29-27-26(33-31(36-29)39(14-18-43-5)15-19-44-6)28(37-10-8-25(45-7)9-11-37)35-30(34-27)38(12-16-41-3)13-17-42-4/h20-21,23,25H,8-19,22H2,1-7H3. The van der Waals surface area contributed by atoms with Crippen molar-refractivity contribution in [1.82, 2.24) is 29.7 Å². The number of fused-ring (bicyclic) bond motifs is 1. The summed E-state index contributed by atoms with van der Waals surface area (Å²) in [5, 5.41) is 4.48. The number of hydrogen-bond acceptors (Lipinski definition) is 14. The Morgan fingerprint density at radius 2 is 1.30 bits per heavy atom. The third-order valence-corrected chi connectivity index (χ3v) is 7.93. The number of nitrogens with zero attached hydrogens (tertiary/aromatic N) is 9. The van der Waals surface area contributed by atoms with Crippen LogP contribution in [0, 0.1) is 0 Å². The van der Waals surface area contributed by atoms with Crippen molar-refractivity contribution < 1.29 is 28.4 Å². The molecule has 46 heavy (non-hydrogen) atoms. The fourth-order valence-corrected chi connectivity index (χ4v) is 5.18. The quantitative estimate of drug-likeness (QED) is 0.178. The number of piperidine rings is 1. The molecule has 4 heterocycles. The van der Waals surface area contributed by atoms with Crippen LogP contribution >= 0.6 is 0 Å². The Kier molecular flexibility index (Phi) is 14.0. The number of hydrogen-bond donors (Lipinski definition) is 0. The molecule has 3 aromatic heterocycles. The van der Waals surface area contributed by atoms with Gasteiger partial charge in [0, 0.05) is 92.6 Å². The van der Waals surface area contributed by atoms with E-state index >= 15 is 0 Å². The molecule has 0 saturated carbocycles. The van der Waals surface area contributed by atoms with Crippen molar-refractivity contribution in [3.63, 3.8) is 0 Å². The Hall–Kier alpha value is -3.37. The molecule has 0 spiro atoms. The van der Waals surface area contributed by atoms with Crippen LogP contribution in [-0.2, 0) is 30.3 Å². The lowest BCUT2D eigenvalue weighted by atomic mass is 10.1. The van der Waals surface area contributed by atoms with Crippen LogP contribution < -0.4 is 19.4 Å². The number of anilines is 3. The van der Waals surface area contributed by atoms with Crippen LogP contribution in [0.3, 0.4) is 0 Å². The van der Waals surface area contributed by atoms with E-state index in [0.717, 1.165) is 37.3 Å². The van der Waals surface area contributed by atoms with Crippen molar-refractivity contribution in [2.75, 3.05) is 116 Å². The molecule has 0 bridgehead atoms. The molecule has 256 valence electrons. The number of methoxy groups -OCH3 is 5. The molecule has 0 aliphatic carbocycles. The Labute approximate surface area is 272 Å². The summed E-state index contributed by atoms with van der Waals surface area (Å²) in [6.07, 6.45) is 5.77. The van der Waals surface area contributed by atoms with Gasteiger partial charge >= 0.3 is 0 Å². The van der Waals surface area contributed by atoms with Gasteiger partial charge in [0.25, 0.3) is 0 Å². The first-order valence-electron chi connectivity index (χ1n) is 15.9. The second-order valence-corrected chi connectivity index (χ2v) is 11.5. The minimum Gasteiger partial charge on any atom is -0.471 e. The van der Waals surface area contributed by atoms with Gasteiger partial charge in [0.2, 0.25) is 17.8 Å². The van der Waals surface area contributed by atoms with E-state index in [1.54, 1.807) is 35.5 Å². The van der Waals surface area contributed by atoms with Crippen LogP contribution in [0.25, 0.3) is 11.0 Å². The summed E-state index contributed by atoms with van der Waals surface area (Å²) in [5.41, 5.74) is 2.08. The van der Waals surface area contributed by atoms with Gasteiger partial charge in [0.05, 0.1) is 38.7 Å². The highest BCUT2D eigenvalue weighted by Gasteiger charge is 2.27. The second-order valence-electron chi connectivity index (χ2n) is 11.5. The summed E-state index contributed by atoms with van der Waals surface area (Å²) in [5.74, 6) is 2.13. The van der Waals surface area contributed by atoms with Gasteiger partial charge in [-0.1, -0.05) is 0 Å². The zero-order chi connectivity index (χ0) is 32.9. The van der Waals surface area contributed by atoms with Crippen molar-refractivity contribution in [1.29, 1.82) is 0 Å². The van der Waals surface area contributed by atoms with Crippen LogP contribution in [0.5, 0.6) is 5.88 Å². The Balaban J connectivity index is 1.87. The minimum absolute atomic E-state index is 0.207. The lowest BCUT2D eigenvalue weighted by molar-refractivity contribution is 0.0818. The molecule has 1 aliphatic rings. The number of rotatable bonds is 20. The summed E-state index contributed by atoms with van der Waals surface area (Å²) in [7, 11) is 8.49. The maximum absolute atomic E-state index is 6.48. The van der Waals surface area contributed by atoms with Crippen LogP contribution in [0.1, 0.15) is 38.3 Å². The first-order chi connectivity index (χ1) is 22.4. The molecule has 0 unspecified atom stereocenters. The fourth-order valence-electron chi connectivity index (χ4n) is 5.18. The number of aromatic nitrogens is 6. The van der Waals surface area contributed by atoms with Crippen molar-refractivity contribution >= 4 is 28.7 Å². The van der Waals surface area contributed by atoms with Gasteiger partial charge in [-0.15, -0.1) is 0 Å². The van der Waals surface area contributed by atoms with Gasteiger partial charge in [0.15, 0.2) is 11.3 Å². The molecule has 1 aliphatic heterocycles. The highest BCUT2D eigenvalue weighted by Crippen LogP contribution is 2.34. The lowest BCUT2D eigenvalue weighted by Crippen LogP contribution is -2.38. The van der Waals surface area contributed by atoms with E-state index in [9.17, 15) is 0 Å². The fraction of sp³-hybridized carbons (Fsp3) is 0.710. The molecular weight excluding hydrogens is 594 g/mol. The average Bonchev–Trinajstić information content (AvgIpc) is 3.56. The maximum atomic E-state index is 6.48. The maximum Gasteiger partial charge on any atom is 0.246 e. The van der Waals surface area contributed by atoms with E-state index in [1.165, 1.54) is 0 Å². The third-order valence-electron chi connectivity index (χ3n) is 7.93. The third kappa shape index (κ3) is 9.35. The van der Waals surface area contributed by atoms with Gasteiger partial charge in [-0.05, 0) is 26.7 Å². The van der Waals surface area contributed by atoms with E-state index in [0.29, 0.717) is 81.4 Å². The van der Waals surface area contributed by atoms with Gasteiger partial charge in [-0.3, -0.25) is 4.68 Å². The monoisotopic (exact) mass is 645 g/mol. The predicted octanol–water partition coefficient (Wildman–Crippen LogP) is 2.59. The molecule has 0 N–H and O–H groups in total. The van der Waals surface area contributed by atoms with Crippen LogP contribution in [0.2, 0.25) is 0 Å². The SMILES string of the molecule is COCCN(CCOC)c1nc(N2CCC(OC)CC2)c2nc(N(CCOC)CCOC)nc(OCc3cnn(C(C)C)c3)c2n1. The van der Waals surface area contributed by atoms with E-state index in [1.807, 2.05) is 22.0 Å². The Morgan fingerprint density at radius 1 is 0.761 bits per heavy atom. The molecule has 0 amide bonds. The van der Waals surface area contributed by atoms with Gasteiger partial charge in [-0.25, -0.2) is 9.97 Å². The second kappa shape index (κ2) is 18.1. The average molecular weight is 646 g/mol. The molecule has 15 heteroatoms. The van der Waals surface area contributed by atoms with Gasteiger partial charge in [0.1, 0.15) is 12.1 Å². The lowest BCUT2D eigenvalue weighted by Gasteiger charge is -2.33. The van der Waals surface area contributed by atoms with E-state index in [4.69, 9.17) is 48.4 Å². The van der Waals surface area contributed by atoms with Crippen LogP contribution in [-0.4, -0.2) is 137 Å². The highest BCUT2D eigenvalue weighted by atomic mass is 16.5. The molecular formula is C31H51N9O6. The zero-order valence-corrected chi connectivity index (χ0v) is 28.5. The molecule has 15 nitrogen and oxygen atoms in total. The summed E-state index contributed by atoms with van der Waals surface area (Å²) >= 11 is 0. The molecule has 1 saturated heterocycles. The minimum atomic E-state index is 0.207. The van der Waals surface area contributed by atoms with Crippen molar-refractivity contribution in [2.45, 2.75) is 45.4 Å². The molecule has 0 atom stereocenters. The van der Waals surface area contributed by atoms with E-state index < -0.39 is 0 Å². The summed E-state index contributed by atoms with van der Waals surface area (Å²) in [4.78, 5) is 26.6. The Bertz CT molecular complexity index is 1320. The number of ether oxygens (including phenoxy) is 6. The normalized spacial score (nSPS) is 14.0. The zero-order valence-electron chi connectivity index (χ0n) is 28.5.